The quantitative estimate of drug-likeness (QED) is 0.467. The molecule has 2 aromatic carbocycles. The van der Waals surface area contributed by atoms with Crippen LogP contribution in [0.15, 0.2) is 89.9 Å². The summed E-state index contributed by atoms with van der Waals surface area (Å²) in [7, 11) is 0. The molecule has 0 spiro atoms. The van der Waals surface area contributed by atoms with E-state index in [0.717, 1.165) is 16.7 Å². The van der Waals surface area contributed by atoms with Crippen LogP contribution in [0.2, 0.25) is 0 Å². The van der Waals surface area contributed by atoms with Crippen LogP contribution in [0.25, 0.3) is 16.7 Å². The minimum Gasteiger partial charge on any atom is -0.347 e. The molecule has 32 heavy (non-hydrogen) atoms. The number of amides is 1. The lowest BCUT2D eigenvalue weighted by Crippen LogP contribution is -2.25. The average Bonchev–Trinajstić information content (AvgIpc) is 3.18. The minimum absolute atomic E-state index is 0.183. The summed E-state index contributed by atoms with van der Waals surface area (Å²) >= 11 is 0. The van der Waals surface area contributed by atoms with Crippen molar-refractivity contribution in [1.29, 1.82) is 0 Å². The molecule has 0 aliphatic rings. The second-order valence-electron chi connectivity index (χ2n) is 7.81. The van der Waals surface area contributed by atoms with E-state index in [-0.39, 0.29) is 11.5 Å². The summed E-state index contributed by atoms with van der Waals surface area (Å²) in [6, 6.07) is 25.0. The summed E-state index contributed by atoms with van der Waals surface area (Å²) in [5.41, 5.74) is 4.26. The first-order chi connectivity index (χ1) is 15.6. The van der Waals surface area contributed by atoms with E-state index >= 15 is 0 Å². The van der Waals surface area contributed by atoms with Crippen molar-refractivity contribution < 1.29 is 4.79 Å². The zero-order chi connectivity index (χ0) is 22.1. The number of nitrogens with zero attached hydrogens (tertiary/aromatic N) is 3. The molecule has 0 saturated carbocycles. The molecule has 0 aliphatic heterocycles. The Morgan fingerprint density at radius 1 is 0.906 bits per heavy atom. The second kappa shape index (κ2) is 8.15. The summed E-state index contributed by atoms with van der Waals surface area (Å²) < 4.78 is 3.37. The molecule has 1 N–H and O–H groups in total. The van der Waals surface area contributed by atoms with Crippen molar-refractivity contribution in [2.45, 2.75) is 20.0 Å². The van der Waals surface area contributed by atoms with Gasteiger partial charge in [0, 0.05) is 19.3 Å². The van der Waals surface area contributed by atoms with E-state index in [9.17, 15) is 9.59 Å². The Balaban J connectivity index is 1.65. The third kappa shape index (κ3) is 3.56. The lowest BCUT2D eigenvalue weighted by molar-refractivity contribution is 0.0942. The molecule has 0 aliphatic carbocycles. The molecule has 0 bridgehead atoms. The van der Waals surface area contributed by atoms with Gasteiger partial charge in [-0.3, -0.25) is 14.0 Å². The molecule has 3 aromatic heterocycles. The van der Waals surface area contributed by atoms with Crippen molar-refractivity contribution in [2.75, 3.05) is 0 Å². The fourth-order valence-electron chi connectivity index (χ4n) is 3.94. The average molecular weight is 422 g/mol. The number of hydrogen-bond donors (Lipinski definition) is 1. The number of aryl methyl sites for hydroxylation is 1. The Morgan fingerprint density at radius 2 is 1.59 bits per heavy atom. The summed E-state index contributed by atoms with van der Waals surface area (Å²) in [5, 5.41) is 3.40. The monoisotopic (exact) mass is 422 g/mol. The smallest absolute Gasteiger partial charge is 0.268 e. The van der Waals surface area contributed by atoms with E-state index in [1.807, 2.05) is 84.3 Å². The number of pyridine rings is 1. The van der Waals surface area contributed by atoms with Crippen LogP contribution in [-0.4, -0.2) is 19.9 Å². The summed E-state index contributed by atoms with van der Waals surface area (Å²) in [6.07, 6.45) is 1.71. The number of hydrogen-bond acceptors (Lipinski definition) is 3. The largest absolute Gasteiger partial charge is 0.347 e. The summed E-state index contributed by atoms with van der Waals surface area (Å²) in [6.45, 7) is 2.76. The molecule has 0 saturated heterocycles. The van der Waals surface area contributed by atoms with Gasteiger partial charge in [0.1, 0.15) is 17.0 Å². The number of carbonyl (C=O) groups is 1. The van der Waals surface area contributed by atoms with Gasteiger partial charge in [0.2, 0.25) is 0 Å². The summed E-state index contributed by atoms with van der Waals surface area (Å²) in [4.78, 5) is 31.2. The predicted molar refractivity (Wildman–Crippen MR) is 125 cm³/mol. The molecule has 0 unspecified atom stereocenters. The molecule has 1 amide bonds. The van der Waals surface area contributed by atoms with Crippen LogP contribution in [-0.2, 0) is 13.1 Å². The van der Waals surface area contributed by atoms with E-state index < -0.39 is 0 Å². The normalized spacial score (nSPS) is 11.2. The van der Waals surface area contributed by atoms with E-state index in [0.29, 0.717) is 35.5 Å². The maximum Gasteiger partial charge on any atom is 0.268 e. The van der Waals surface area contributed by atoms with Crippen molar-refractivity contribution in [1.82, 2.24) is 19.3 Å². The number of carbonyl (C=O) groups excluding carboxylic acids is 1. The lowest BCUT2D eigenvalue weighted by atomic mass is 10.2. The minimum atomic E-state index is -0.243. The molecule has 6 heteroatoms. The van der Waals surface area contributed by atoms with Crippen LogP contribution >= 0.6 is 0 Å². The third-order valence-corrected chi connectivity index (χ3v) is 5.60. The van der Waals surface area contributed by atoms with Crippen molar-refractivity contribution in [3.8, 4) is 0 Å². The zero-order valence-corrected chi connectivity index (χ0v) is 17.7. The highest BCUT2D eigenvalue weighted by Crippen LogP contribution is 2.20. The van der Waals surface area contributed by atoms with E-state index in [2.05, 4.69) is 5.32 Å². The van der Waals surface area contributed by atoms with Gasteiger partial charge < -0.3 is 9.88 Å². The zero-order valence-electron chi connectivity index (χ0n) is 17.7. The molecular weight excluding hydrogens is 400 g/mol. The fraction of sp³-hybridized carbons (Fsp3) is 0.115. The molecule has 3 heterocycles. The first kappa shape index (κ1) is 19.8. The van der Waals surface area contributed by atoms with Gasteiger partial charge in [-0.1, -0.05) is 66.7 Å². The second-order valence-corrected chi connectivity index (χ2v) is 7.81. The van der Waals surface area contributed by atoms with Crippen molar-refractivity contribution >= 4 is 22.6 Å². The van der Waals surface area contributed by atoms with Crippen LogP contribution in [0, 0.1) is 6.92 Å². The van der Waals surface area contributed by atoms with Crippen LogP contribution in [0.5, 0.6) is 0 Å². The van der Waals surface area contributed by atoms with Crippen molar-refractivity contribution in [3.05, 3.63) is 118 Å². The standard InChI is InChI=1S/C26H22N4O2/c1-18-9-8-14-29-23(18)28-24-21(26(29)32)15-22(30(24)17-20-12-6-3-7-13-20)25(31)27-16-19-10-4-2-5-11-19/h2-15H,16-17H2,1H3,(H,27,31). The predicted octanol–water partition coefficient (Wildman–Crippen LogP) is 3.94. The Bertz CT molecular complexity index is 1490. The summed E-state index contributed by atoms with van der Waals surface area (Å²) in [5.74, 6) is -0.243. The van der Waals surface area contributed by atoms with Gasteiger partial charge in [0.15, 0.2) is 0 Å². The van der Waals surface area contributed by atoms with Crippen LogP contribution in [0.1, 0.15) is 27.2 Å². The molecule has 158 valence electrons. The van der Waals surface area contributed by atoms with Gasteiger partial charge in [-0.05, 0) is 35.7 Å². The van der Waals surface area contributed by atoms with Crippen LogP contribution in [0.3, 0.4) is 0 Å². The number of fused-ring (bicyclic) bond motifs is 2. The van der Waals surface area contributed by atoms with Gasteiger partial charge in [-0.15, -0.1) is 0 Å². The maximum absolute atomic E-state index is 13.2. The van der Waals surface area contributed by atoms with E-state index in [1.54, 1.807) is 12.3 Å². The van der Waals surface area contributed by atoms with Gasteiger partial charge in [-0.25, -0.2) is 4.98 Å². The maximum atomic E-state index is 13.2. The van der Waals surface area contributed by atoms with Gasteiger partial charge in [-0.2, -0.15) is 0 Å². The Morgan fingerprint density at radius 3 is 2.31 bits per heavy atom. The number of aromatic nitrogens is 3. The number of rotatable bonds is 5. The van der Waals surface area contributed by atoms with Gasteiger partial charge in [0.25, 0.3) is 11.5 Å². The van der Waals surface area contributed by atoms with Crippen LogP contribution in [0.4, 0.5) is 0 Å². The Hall–Kier alpha value is -4.19. The molecule has 0 atom stereocenters. The fourth-order valence-corrected chi connectivity index (χ4v) is 3.94. The molecule has 6 nitrogen and oxygen atoms in total. The first-order valence-electron chi connectivity index (χ1n) is 10.5. The number of nitrogens with one attached hydrogen (secondary N) is 1. The molecule has 5 rings (SSSR count). The van der Waals surface area contributed by atoms with Crippen molar-refractivity contribution in [2.24, 2.45) is 0 Å². The third-order valence-electron chi connectivity index (χ3n) is 5.60. The highest BCUT2D eigenvalue weighted by molar-refractivity contribution is 5.98. The highest BCUT2D eigenvalue weighted by Gasteiger charge is 2.20. The van der Waals surface area contributed by atoms with E-state index in [4.69, 9.17) is 4.98 Å². The topological polar surface area (TPSA) is 68.4 Å². The van der Waals surface area contributed by atoms with Crippen molar-refractivity contribution in [3.63, 3.8) is 0 Å². The molecule has 0 radical (unpaired) electrons. The Labute approximate surface area is 184 Å². The van der Waals surface area contributed by atoms with Crippen LogP contribution < -0.4 is 10.9 Å². The molecule has 0 fully saturated rings. The Kier molecular flexibility index (Phi) is 5.03. The first-order valence-corrected chi connectivity index (χ1v) is 10.5. The molecular formula is C26H22N4O2. The highest BCUT2D eigenvalue weighted by atomic mass is 16.2. The van der Waals surface area contributed by atoms with Gasteiger partial charge >= 0.3 is 0 Å². The SMILES string of the molecule is Cc1cccn2c(=O)c3cc(C(=O)NCc4ccccc4)n(Cc4ccccc4)c3nc12. The van der Waals surface area contributed by atoms with Gasteiger partial charge in [0.05, 0.1) is 5.39 Å². The van der Waals surface area contributed by atoms with E-state index in [1.165, 1.54) is 4.40 Å². The molecule has 5 aromatic rings. The number of benzene rings is 2. The lowest BCUT2D eigenvalue weighted by Gasteiger charge is -2.12.